The maximum Gasteiger partial charge on any atom is 0.191 e. The number of hydrogen-bond donors (Lipinski definition) is 2. The molecule has 1 saturated heterocycles. The van der Waals surface area contributed by atoms with Crippen molar-refractivity contribution in [2.75, 3.05) is 25.0 Å². The van der Waals surface area contributed by atoms with Crippen molar-refractivity contribution < 1.29 is 8.78 Å². The van der Waals surface area contributed by atoms with Crippen molar-refractivity contribution in [3.8, 4) is 0 Å². The number of para-hydroxylation sites is 1. The number of nitrogens with zero attached hydrogens (tertiary/aromatic N) is 4. The fourth-order valence-electron chi connectivity index (χ4n) is 4.03. The van der Waals surface area contributed by atoms with Crippen molar-refractivity contribution in [3.05, 3.63) is 46.8 Å². The van der Waals surface area contributed by atoms with E-state index >= 15 is 0 Å². The molecule has 166 valence electrons. The summed E-state index contributed by atoms with van der Waals surface area (Å²) in [6.07, 6.45) is 2.57. The van der Waals surface area contributed by atoms with Gasteiger partial charge in [0, 0.05) is 51.0 Å². The first-order valence-corrected chi connectivity index (χ1v) is 10.2. The molecule has 6 nitrogen and oxygen atoms in total. The summed E-state index contributed by atoms with van der Waals surface area (Å²) >= 11 is 0. The molecule has 0 amide bonds. The zero-order valence-electron chi connectivity index (χ0n) is 18.0. The highest BCUT2D eigenvalue weighted by Crippen LogP contribution is 2.26. The van der Waals surface area contributed by atoms with Gasteiger partial charge in [0.05, 0.1) is 5.69 Å². The van der Waals surface area contributed by atoms with Crippen LogP contribution in [0.5, 0.6) is 0 Å². The second-order valence-electron chi connectivity index (χ2n) is 7.27. The highest BCUT2D eigenvalue weighted by atomic mass is 127. The van der Waals surface area contributed by atoms with Gasteiger partial charge in [0.1, 0.15) is 17.3 Å². The van der Waals surface area contributed by atoms with E-state index < -0.39 is 11.6 Å². The highest BCUT2D eigenvalue weighted by Gasteiger charge is 2.27. The van der Waals surface area contributed by atoms with E-state index in [1.54, 1.807) is 11.9 Å². The van der Waals surface area contributed by atoms with E-state index in [2.05, 4.69) is 34.6 Å². The lowest BCUT2D eigenvalue weighted by molar-refractivity contribution is 0.576. The molecule has 1 atom stereocenters. The Kier molecular flexibility index (Phi) is 8.87. The summed E-state index contributed by atoms with van der Waals surface area (Å²) in [5.74, 6) is -0.369. The Labute approximate surface area is 194 Å². The Morgan fingerprint density at radius 2 is 1.93 bits per heavy atom. The van der Waals surface area contributed by atoms with Gasteiger partial charge in [0.15, 0.2) is 5.96 Å². The number of aromatic nitrogens is 2. The third-order valence-corrected chi connectivity index (χ3v) is 5.47. The van der Waals surface area contributed by atoms with Crippen LogP contribution in [0.4, 0.5) is 14.5 Å². The normalized spacial score (nSPS) is 16.5. The van der Waals surface area contributed by atoms with Gasteiger partial charge in [-0.15, -0.1) is 24.0 Å². The third-order valence-electron chi connectivity index (χ3n) is 5.47. The van der Waals surface area contributed by atoms with Gasteiger partial charge < -0.3 is 15.5 Å². The lowest BCUT2D eigenvalue weighted by Gasteiger charge is -2.21. The molecule has 2 aromatic rings. The van der Waals surface area contributed by atoms with Gasteiger partial charge in [-0.05, 0) is 31.4 Å². The largest absolute Gasteiger partial charge is 0.365 e. The molecule has 1 aromatic heterocycles. The number of guanidine groups is 1. The summed E-state index contributed by atoms with van der Waals surface area (Å²) in [7, 11) is 3.70. The predicted molar refractivity (Wildman–Crippen MR) is 128 cm³/mol. The maximum absolute atomic E-state index is 14.1. The van der Waals surface area contributed by atoms with E-state index in [1.165, 1.54) is 29.5 Å². The molecule has 0 saturated carbocycles. The summed E-state index contributed by atoms with van der Waals surface area (Å²) in [6.45, 7) is 5.98. The van der Waals surface area contributed by atoms with Crippen molar-refractivity contribution in [2.24, 2.45) is 12.0 Å². The second kappa shape index (κ2) is 10.9. The van der Waals surface area contributed by atoms with Crippen molar-refractivity contribution in [3.63, 3.8) is 0 Å². The molecule has 1 unspecified atom stereocenters. The summed E-state index contributed by atoms with van der Waals surface area (Å²) in [6, 6.07) is 4.04. The van der Waals surface area contributed by atoms with Crippen LogP contribution < -0.4 is 15.5 Å². The number of nitrogens with one attached hydrogen (secondary N) is 2. The van der Waals surface area contributed by atoms with Crippen LogP contribution in [0.3, 0.4) is 0 Å². The molecule has 30 heavy (non-hydrogen) atoms. The van der Waals surface area contributed by atoms with Gasteiger partial charge in [-0.1, -0.05) is 19.9 Å². The number of aliphatic imine (C=N–C) groups is 1. The molecule has 2 N–H and O–H groups in total. The fraction of sp³-hybridized carbons (Fsp3) is 0.524. The number of anilines is 1. The van der Waals surface area contributed by atoms with Crippen molar-refractivity contribution in [1.82, 2.24) is 20.4 Å². The first-order chi connectivity index (χ1) is 14.0. The van der Waals surface area contributed by atoms with Crippen molar-refractivity contribution >= 4 is 35.6 Å². The third kappa shape index (κ3) is 5.22. The SMILES string of the molecule is CCc1nn(C)c(CC)c1CNC(=NC)NC1CCN(c2c(F)cccc2F)C1.I. The number of rotatable bonds is 6. The monoisotopic (exact) mass is 532 g/mol. The molecular weight excluding hydrogens is 501 g/mol. The van der Waals surface area contributed by atoms with E-state index in [1.807, 2.05) is 11.7 Å². The number of hydrogen-bond acceptors (Lipinski definition) is 3. The molecule has 0 radical (unpaired) electrons. The number of aryl methyl sites for hydroxylation is 2. The standard InChI is InChI=1S/C21H30F2N6.HI/c1-5-18-15(19(6-2)28(4)27-18)12-25-21(24-3)26-14-10-11-29(13-14)20-16(22)8-7-9-17(20)23;/h7-9,14H,5-6,10-13H2,1-4H3,(H2,24,25,26);1H. The summed E-state index contributed by atoms with van der Waals surface area (Å²) in [5.41, 5.74) is 3.57. The van der Waals surface area contributed by atoms with Gasteiger partial charge in [-0.2, -0.15) is 5.10 Å². The van der Waals surface area contributed by atoms with Gasteiger partial charge >= 0.3 is 0 Å². The number of benzene rings is 1. The van der Waals surface area contributed by atoms with E-state index in [-0.39, 0.29) is 35.7 Å². The molecule has 0 bridgehead atoms. The van der Waals surface area contributed by atoms with Crippen LogP contribution in [0.2, 0.25) is 0 Å². The lowest BCUT2D eigenvalue weighted by atomic mass is 10.1. The number of halogens is 3. The Bertz CT molecular complexity index is 862. The maximum atomic E-state index is 14.1. The molecule has 2 heterocycles. The zero-order valence-corrected chi connectivity index (χ0v) is 20.3. The molecular formula is C21H31F2IN6. The molecule has 0 aliphatic carbocycles. The molecule has 0 spiro atoms. The lowest BCUT2D eigenvalue weighted by Crippen LogP contribution is -2.44. The van der Waals surface area contributed by atoms with Crippen LogP contribution in [0.15, 0.2) is 23.2 Å². The predicted octanol–water partition coefficient (Wildman–Crippen LogP) is 3.39. The van der Waals surface area contributed by atoms with E-state index in [9.17, 15) is 8.78 Å². The molecule has 9 heteroatoms. The highest BCUT2D eigenvalue weighted by molar-refractivity contribution is 14.0. The van der Waals surface area contributed by atoms with Crippen LogP contribution in [0.1, 0.15) is 37.2 Å². The van der Waals surface area contributed by atoms with E-state index in [4.69, 9.17) is 0 Å². The van der Waals surface area contributed by atoms with Gasteiger partial charge in [-0.25, -0.2) is 8.78 Å². The Hall–Kier alpha value is -1.91. The summed E-state index contributed by atoms with van der Waals surface area (Å²) < 4.78 is 30.1. The minimum atomic E-state index is -0.524. The molecule has 1 fully saturated rings. The Balaban J connectivity index is 0.00000320. The zero-order chi connectivity index (χ0) is 21.0. The Morgan fingerprint density at radius 1 is 1.23 bits per heavy atom. The summed E-state index contributed by atoms with van der Waals surface area (Å²) in [5, 5.41) is 11.4. The van der Waals surface area contributed by atoms with Gasteiger partial charge in [-0.3, -0.25) is 9.67 Å². The van der Waals surface area contributed by atoms with Crippen LogP contribution in [0.25, 0.3) is 0 Å². The molecule has 1 aliphatic rings. The first-order valence-electron chi connectivity index (χ1n) is 10.2. The van der Waals surface area contributed by atoms with Crippen LogP contribution in [0, 0.1) is 11.6 Å². The van der Waals surface area contributed by atoms with Crippen molar-refractivity contribution in [2.45, 2.75) is 45.7 Å². The quantitative estimate of drug-likeness (QED) is 0.341. The molecule has 3 rings (SSSR count). The van der Waals surface area contributed by atoms with Crippen molar-refractivity contribution in [1.29, 1.82) is 0 Å². The van der Waals surface area contributed by atoms with Crippen LogP contribution >= 0.6 is 24.0 Å². The van der Waals surface area contributed by atoms with Gasteiger partial charge in [0.2, 0.25) is 0 Å². The molecule has 1 aliphatic heterocycles. The smallest absolute Gasteiger partial charge is 0.191 e. The first kappa shape index (κ1) is 24.4. The van der Waals surface area contributed by atoms with Gasteiger partial charge in [0.25, 0.3) is 0 Å². The summed E-state index contributed by atoms with van der Waals surface area (Å²) in [4.78, 5) is 6.07. The second-order valence-corrected chi connectivity index (χ2v) is 7.27. The fourth-order valence-corrected chi connectivity index (χ4v) is 4.03. The minimum Gasteiger partial charge on any atom is -0.365 e. The van der Waals surface area contributed by atoms with Crippen LogP contribution in [-0.2, 0) is 26.4 Å². The average molecular weight is 532 g/mol. The molecule has 1 aromatic carbocycles. The van der Waals surface area contributed by atoms with E-state index in [0.29, 0.717) is 25.6 Å². The minimum absolute atomic E-state index is 0. The van der Waals surface area contributed by atoms with E-state index in [0.717, 1.165) is 25.0 Å². The van der Waals surface area contributed by atoms with Crippen LogP contribution in [-0.4, -0.2) is 41.9 Å². The topological polar surface area (TPSA) is 57.5 Å². The Morgan fingerprint density at radius 3 is 2.53 bits per heavy atom. The average Bonchev–Trinajstić information content (AvgIpc) is 3.28.